The molecule has 1 saturated carbocycles. The number of nitrogens with two attached hydrogens (primary N) is 1. The molecule has 13 heteroatoms. The van der Waals surface area contributed by atoms with Gasteiger partial charge in [-0.1, -0.05) is 18.9 Å². The van der Waals surface area contributed by atoms with Crippen LogP contribution in [0.15, 0.2) is 29.2 Å². The lowest BCUT2D eigenvalue weighted by Crippen LogP contribution is -2.62. The van der Waals surface area contributed by atoms with Crippen molar-refractivity contribution in [2.24, 2.45) is 10.6 Å². The SMILES string of the molecule is [B]C(C)(P)Cn1c(C#CCN(C)c2ccc(S(N)(=O)=O)cc2OCC#N)cc2c1=CCCC=2NC1CCC(N2CC3(CCOCC3)C2)CC1. The van der Waals surface area contributed by atoms with Crippen molar-refractivity contribution in [3.63, 3.8) is 0 Å². The topological polar surface area (TPSA) is 126 Å². The summed E-state index contributed by atoms with van der Waals surface area (Å²) in [6.07, 6.45) is 11.5. The molecule has 1 aromatic heterocycles. The summed E-state index contributed by atoms with van der Waals surface area (Å²) >= 11 is 0. The Hall–Kier alpha value is -2.99. The van der Waals surface area contributed by atoms with Crippen LogP contribution >= 0.6 is 9.24 Å². The first-order valence-corrected chi connectivity index (χ1v) is 19.4. The van der Waals surface area contributed by atoms with E-state index in [4.69, 9.17) is 27.7 Å². The molecule has 3 N–H and O–H groups in total. The summed E-state index contributed by atoms with van der Waals surface area (Å²) in [5.41, 5.74) is 3.31. The van der Waals surface area contributed by atoms with E-state index in [2.05, 4.69) is 48.0 Å². The van der Waals surface area contributed by atoms with E-state index >= 15 is 0 Å². The van der Waals surface area contributed by atoms with Gasteiger partial charge in [-0.15, -0.1) is 9.24 Å². The van der Waals surface area contributed by atoms with Crippen molar-refractivity contribution in [3.05, 3.63) is 40.5 Å². The van der Waals surface area contributed by atoms with E-state index in [1.807, 2.05) is 24.9 Å². The number of aromatic nitrogens is 1. The van der Waals surface area contributed by atoms with Gasteiger partial charge in [0.15, 0.2) is 6.61 Å². The van der Waals surface area contributed by atoms with Crippen molar-refractivity contribution < 1.29 is 17.9 Å². The number of nitrogens with zero attached hydrogens (tertiary/aromatic N) is 4. The van der Waals surface area contributed by atoms with Crippen molar-refractivity contribution in [2.75, 3.05) is 51.4 Å². The van der Waals surface area contributed by atoms with E-state index < -0.39 is 15.1 Å². The molecule has 1 spiro atoms. The van der Waals surface area contributed by atoms with E-state index in [-0.39, 0.29) is 17.3 Å². The molecule has 2 saturated heterocycles. The zero-order chi connectivity index (χ0) is 34.8. The number of anilines is 1. The first kappa shape index (κ1) is 35.8. The Morgan fingerprint density at radius 1 is 1.22 bits per heavy atom. The van der Waals surface area contributed by atoms with Gasteiger partial charge in [0, 0.05) is 79.7 Å². The Bertz CT molecular complexity index is 1870. The van der Waals surface area contributed by atoms with Crippen LogP contribution in [0.2, 0.25) is 0 Å². The minimum Gasteiger partial charge on any atom is -0.477 e. The fourth-order valence-electron chi connectivity index (χ4n) is 7.85. The fraction of sp³-hybridized carbons (Fsp3) is 0.583. The highest BCUT2D eigenvalue weighted by molar-refractivity contribution is 7.89. The van der Waals surface area contributed by atoms with Gasteiger partial charge < -0.3 is 24.3 Å². The lowest BCUT2D eigenvalue weighted by Gasteiger charge is -2.56. The smallest absolute Gasteiger partial charge is 0.238 e. The average molecular weight is 703 g/mol. The molecule has 2 radical (unpaired) electrons. The lowest BCUT2D eigenvalue weighted by atomic mass is 9.71. The molecule has 2 atom stereocenters. The minimum absolute atomic E-state index is 0.0843. The van der Waals surface area contributed by atoms with Gasteiger partial charge in [-0.3, -0.25) is 4.90 Å². The van der Waals surface area contributed by atoms with Crippen LogP contribution in [0, 0.1) is 28.6 Å². The molecule has 49 heavy (non-hydrogen) atoms. The second-order valence-corrected chi connectivity index (χ2v) is 17.5. The van der Waals surface area contributed by atoms with Gasteiger partial charge in [0.25, 0.3) is 0 Å². The van der Waals surface area contributed by atoms with Crippen molar-refractivity contribution >= 4 is 44.6 Å². The maximum Gasteiger partial charge on any atom is 0.238 e. The molecule has 2 unspecified atom stereocenters. The van der Waals surface area contributed by atoms with Crippen LogP contribution in [0.3, 0.4) is 0 Å². The Labute approximate surface area is 294 Å². The van der Waals surface area contributed by atoms with Gasteiger partial charge in [-0.05, 0) is 80.5 Å². The predicted octanol–water partition coefficient (Wildman–Crippen LogP) is 1.98. The Balaban J connectivity index is 1.18. The van der Waals surface area contributed by atoms with Crippen LogP contribution in [0.25, 0.3) is 11.8 Å². The first-order valence-electron chi connectivity index (χ1n) is 17.3. The van der Waals surface area contributed by atoms with Crippen LogP contribution in [0.4, 0.5) is 5.69 Å². The van der Waals surface area contributed by atoms with Crippen molar-refractivity contribution in [3.8, 4) is 23.7 Å². The number of ether oxygens (including phenoxy) is 2. The third-order valence-electron chi connectivity index (χ3n) is 10.4. The zero-order valence-corrected chi connectivity index (χ0v) is 30.7. The molecular formula is C36H48BN6O4PS. The fourth-order valence-corrected chi connectivity index (χ4v) is 8.56. The number of sulfonamides is 1. The third-order valence-corrected chi connectivity index (χ3v) is 11.5. The molecule has 0 amide bonds. The summed E-state index contributed by atoms with van der Waals surface area (Å²) in [6.45, 7) is 7.04. The lowest BCUT2D eigenvalue weighted by molar-refractivity contribution is -0.102. The van der Waals surface area contributed by atoms with Crippen molar-refractivity contribution in [2.45, 2.75) is 86.9 Å². The summed E-state index contributed by atoms with van der Waals surface area (Å²) in [5.74, 6) is 6.94. The Morgan fingerprint density at radius 3 is 2.63 bits per heavy atom. The minimum atomic E-state index is -3.93. The summed E-state index contributed by atoms with van der Waals surface area (Å²) in [5, 5.41) is 20.2. The standard InChI is InChI=1S/C36H48BN6O4PS/c1-35(37,48)23-43-28(5-4-17-41(2)33-13-12-29(49(39,44)45)22-34(33)47-20-16-38)21-30-31(6-3-7-32(30)43)40-26-8-10-27(11-9-26)42-24-36(25-42)14-18-46-19-15-36/h7,12-13,21-22,26-27,40H,3,6,8-11,14-15,17-20,23-25,48H2,1-2H3,(H2,39,44,45). The highest BCUT2D eigenvalue weighted by atomic mass is 32.2. The van der Waals surface area contributed by atoms with E-state index in [0.717, 1.165) is 37.1 Å². The molecular weight excluding hydrogens is 654 g/mol. The highest BCUT2D eigenvalue weighted by Crippen LogP contribution is 2.43. The number of fused-ring (bicyclic) bond motifs is 1. The summed E-state index contributed by atoms with van der Waals surface area (Å²) in [7, 11) is 7.17. The number of nitrogens with one attached hydrogen (secondary N) is 1. The van der Waals surface area contributed by atoms with E-state index in [1.54, 1.807) is 6.07 Å². The van der Waals surface area contributed by atoms with Gasteiger partial charge in [-0.2, -0.15) is 5.26 Å². The molecule has 3 fully saturated rings. The van der Waals surface area contributed by atoms with Crippen molar-refractivity contribution in [1.82, 2.24) is 14.8 Å². The number of rotatable bonds is 10. The quantitative estimate of drug-likeness (QED) is 0.219. The summed E-state index contributed by atoms with van der Waals surface area (Å²) in [4.78, 5) is 4.50. The van der Waals surface area contributed by atoms with E-state index in [0.29, 0.717) is 36.3 Å². The molecule has 260 valence electrons. The predicted molar refractivity (Wildman–Crippen MR) is 197 cm³/mol. The van der Waals surface area contributed by atoms with Gasteiger partial charge in [0.1, 0.15) is 11.8 Å². The highest BCUT2D eigenvalue weighted by Gasteiger charge is 2.46. The number of hydrogen-bond acceptors (Lipinski definition) is 8. The molecule has 1 aromatic carbocycles. The van der Waals surface area contributed by atoms with E-state index in [1.165, 1.54) is 74.7 Å². The van der Waals surface area contributed by atoms with E-state index in [9.17, 15) is 8.42 Å². The number of likely N-dealkylation sites (tertiary alicyclic amines) is 1. The monoisotopic (exact) mass is 702 g/mol. The maximum atomic E-state index is 11.9. The number of primary sulfonamides is 1. The largest absolute Gasteiger partial charge is 0.477 e. The van der Waals surface area contributed by atoms with Gasteiger partial charge >= 0.3 is 0 Å². The maximum absolute atomic E-state index is 11.9. The first-order chi connectivity index (χ1) is 23.3. The van der Waals surface area contributed by atoms with Crippen LogP contribution < -0.4 is 30.7 Å². The van der Waals surface area contributed by atoms with Crippen LogP contribution in [0.1, 0.15) is 64.0 Å². The Kier molecular flexibility index (Phi) is 10.8. The second kappa shape index (κ2) is 14.7. The Morgan fingerprint density at radius 2 is 1.96 bits per heavy atom. The third kappa shape index (κ3) is 8.50. The molecule has 6 rings (SSSR count). The van der Waals surface area contributed by atoms with Crippen LogP contribution in [-0.2, 0) is 21.3 Å². The van der Waals surface area contributed by atoms with Gasteiger partial charge in [0.05, 0.1) is 30.7 Å². The number of nitriles is 1. The molecule has 0 bridgehead atoms. The molecule has 4 aliphatic rings. The van der Waals surface area contributed by atoms with Gasteiger partial charge in [0.2, 0.25) is 10.0 Å². The van der Waals surface area contributed by atoms with Crippen molar-refractivity contribution in [1.29, 1.82) is 5.26 Å². The molecule has 2 aliphatic heterocycles. The molecule has 2 aromatic rings. The summed E-state index contributed by atoms with van der Waals surface area (Å²) in [6, 6.07) is 9.68. The summed E-state index contributed by atoms with van der Waals surface area (Å²) < 4.78 is 37.2. The molecule has 3 heterocycles. The van der Waals surface area contributed by atoms with Crippen LogP contribution in [-0.4, -0.2) is 89.4 Å². The zero-order valence-electron chi connectivity index (χ0n) is 28.7. The molecule has 10 nitrogen and oxygen atoms in total. The van der Waals surface area contributed by atoms with Crippen LogP contribution in [0.5, 0.6) is 5.75 Å². The number of hydrogen-bond donors (Lipinski definition) is 2. The molecule has 2 aliphatic carbocycles. The van der Waals surface area contributed by atoms with Gasteiger partial charge in [-0.25, -0.2) is 13.6 Å². The number of benzene rings is 1. The second-order valence-electron chi connectivity index (χ2n) is 14.6. The normalized spacial score (nSPS) is 23.1. The average Bonchev–Trinajstić information content (AvgIpc) is 3.39.